The minimum Gasteiger partial charge on any atom is -0.370 e. The van der Waals surface area contributed by atoms with Crippen LogP contribution in [0.5, 0.6) is 0 Å². The normalized spacial score (nSPS) is 16.7. The van der Waals surface area contributed by atoms with Crippen LogP contribution in [0.3, 0.4) is 0 Å². The van der Waals surface area contributed by atoms with Crippen molar-refractivity contribution in [2.45, 2.75) is 50.0 Å². The van der Waals surface area contributed by atoms with Crippen molar-refractivity contribution in [3.05, 3.63) is 0 Å². The van der Waals surface area contributed by atoms with E-state index in [1.54, 1.807) is 0 Å². The maximum Gasteiger partial charge on any atom is 0.249 e. The maximum absolute atomic E-state index is 13.2. The molecule has 5 nitrogen and oxygen atoms in total. The molecule has 100 valence electrons. The lowest BCUT2D eigenvalue weighted by Crippen LogP contribution is -2.36. The molecule has 1 aliphatic carbocycles. The number of primary amides is 1. The topological polar surface area (TPSA) is 96.0 Å². The highest BCUT2D eigenvalue weighted by molar-refractivity contribution is 5.78. The second-order valence-corrected chi connectivity index (χ2v) is 4.56. The summed E-state index contributed by atoms with van der Waals surface area (Å²) in [7, 11) is 0. The quantitative estimate of drug-likeness (QED) is 0.709. The van der Waals surface area contributed by atoms with E-state index in [9.17, 15) is 18.4 Å². The van der Waals surface area contributed by atoms with E-state index in [1.165, 1.54) is 0 Å². The molecule has 0 aromatic heterocycles. The number of nitrogens with zero attached hydrogens (tertiary/aromatic N) is 1. The summed E-state index contributed by atoms with van der Waals surface area (Å²) in [5, 5.41) is 11.1. The van der Waals surface area contributed by atoms with Crippen LogP contribution >= 0.6 is 0 Å². The Labute approximate surface area is 103 Å². The molecule has 0 aliphatic heterocycles. The number of hydrogen-bond acceptors (Lipinski definition) is 3. The number of nitrogens with two attached hydrogens (primary N) is 1. The monoisotopic (exact) mass is 259 g/mol. The summed E-state index contributed by atoms with van der Waals surface area (Å²) in [5.41, 5.74) is 3.94. The molecule has 1 aliphatic rings. The maximum atomic E-state index is 13.2. The second-order valence-electron chi connectivity index (χ2n) is 4.56. The van der Waals surface area contributed by atoms with Crippen molar-refractivity contribution in [3.8, 4) is 6.07 Å². The van der Waals surface area contributed by atoms with Crippen molar-refractivity contribution in [1.29, 1.82) is 5.26 Å². The van der Waals surface area contributed by atoms with E-state index >= 15 is 0 Å². The number of hydrogen-bond donors (Lipinski definition) is 2. The number of carbonyl (C=O) groups excluding carboxylic acids is 2. The summed E-state index contributed by atoms with van der Waals surface area (Å²) in [4.78, 5) is 21.7. The molecule has 0 spiro atoms. The average Bonchev–Trinajstić information content (AvgIpc) is 3.05. The first kappa shape index (κ1) is 14.4. The minimum absolute atomic E-state index is 0.366. The molecule has 18 heavy (non-hydrogen) atoms. The van der Waals surface area contributed by atoms with E-state index in [4.69, 9.17) is 11.0 Å². The van der Waals surface area contributed by atoms with E-state index in [2.05, 4.69) is 5.32 Å². The van der Waals surface area contributed by atoms with Crippen LogP contribution in [0.1, 0.15) is 38.5 Å². The van der Waals surface area contributed by atoms with Gasteiger partial charge in [-0.3, -0.25) is 9.59 Å². The molecular formula is C11H15F2N3O2. The summed E-state index contributed by atoms with van der Waals surface area (Å²) < 4.78 is 26.4. The fourth-order valence-corrected chi connectivity index (χ4v) is 1.45. The average molecular weight is 259 g/mol. The summed E-state index contributed by atoms with van der Waals surface area (Å²) in [6.45, 7) is 0. The van der Waals surface area contributed by atoms with Crippen molar-refractivity contribution in [3.63, 3.8) is 0 Å². The Morgan fingerprint density at radius 1 is 1.33 bits per heavy atom. The van der Waals surface area contributed by atoms with Crippen LogP contribution in [-0.4, -0.2) is 23.3 Å². The molecule has 0 aromatic rings. The third-order valence-corrected chi connectivity index (χ3v) is 2.80. The zero-order valence-corrected chi connectivity index (χ0v) is 9.84. The van der Waals surface area contributed by atoms with Gasteiger partial charge in [0.2, 0.25) is 17.7 Å². The van der Waals surface area contributed by atoms with Gasteiger partial charge in [-0.2, -0.15) is 5.26 Å². The van der Waals surface area contributed by atoms with E-state index in [0.717, 1.165) is 0 Å². The summed E-state index contributed by atoms with van der Waals surface area (Å²) in [5.74, 6) is -4.44. The Kier molecular flexibility index (Phi) is 4.22. The number of nitrogens with one attached hydrogen (secondary N) is 1. The SMILES string of the molecule is N#CC1(NC(=O)CCC(F)(F)CCC(N)=O)CC1. The molecule has 2 amide bonds. The Balaban J connectivity index is 2.29. The largest absolute Gasteiger partial charge is 0.370 e. The van der Waals surface area contributed by atoms with Crippen LogP contribution in [0.15, 0.2) is 0 Å². The molecule has 7 heteroatoms. The predicted molar refractivity (Wildman–Crippen MR) is 58.3 cm³/mol. The lowest BCUT2D eigenvalue weighted by molar-refractivity contribution is -0.124. The Hall–Kier alpha value is -1.71. The molecule has 0 aromatic carbocycles. The van der Waals surface area contributed by atoms with Crippen LogP contribution in [-0.2, 0) is 9.59 Å². The van der Waals surface area contributed by atoms with Crippen LogP contribution in [0, 0.1) is 11.3 Å². The summed E-state index contributed by atoms with van der Waals surface area (Å²) >= 11 is 0. The summed E-state index contributed by atoms with van der Waals surface area (Å²) in [6.07, 6.45) is -0.945. The Morgan fingerprint density at radius 2 is 1.89 bits per heavy atom. The molecule has 3 N–H and O–H groups in total. The fourth-order valence-electron chi connectivity index (χ4n) is 1.45. The van der Waals surface area contributed by atoms with Gasteiger partial charge in [0.15, 0.2) is 0 Å². The van der Waals surface area contributed by atoms with Crippen molar-refractivity contribution >= 4 is 11.8 Å². The lowest BCUT2D eigenvalue weighted by Gasteiger charge is -2.16. The smallest absolute Gasteiger partial charge is 0.249 e. The molecule has 0 heterocycles. The summed E-state index contributed by atoms with van der Waals surface area (Å²) in [6, 6.07) is 1.94. The van der Waals surface area contributed by atoms with Crippen LogP contribution in [0.25, 0.3) is 0 Å². The second kappa shape index (κ2) is 5.29. The first-order chi connectivity index (χ1) is 8.29. The number of rotatable bonds is 7. The van der Waals surface area contributed by atoms with E-state index in [0.29, 0.717) is 12.8 Å². The third-order valence-electron chi connectivity index (χ3n) is 2.80. The van der Waals surface area contributed by atoms with Gasteiger partial charge in [-0.25, -0.2) is 8.78 Å². The van der Waals surface area contributed by atoms with E-state index < -0.39 is 42.5 Å². The van der Waals surface area contributed by atoms with E-state index in [1.807, 2.05) is 6.07 Å². The third kappa shape index (κ3) is 4.65. The number of amides is 2. The molecule has 0 bridgehead atoms. The van der Waals surface area contributed by atoms with Gasteiger partial charge in [0, 0.05) is 25.7 Å². The number of halogens is 2. The predicted octanol–water partition coefficient (Wildman–Crippen LogP) is 0.840. The van der Waals surface area contributed by atoms with Gasteiger partial charge in [-0.15, -0.1) is 0 Å². The van der Waals surface area contributed by atoms with Crippen molar-refractivity contribution in [1.82, 2.24) is 5.32 Å². The molecule has 1 saturated carbocycles. The van der Waals surface area contributed by atoms with Crippen LogP contribution in [0.4, 0.5) is 8.78 Å². The molecule has 0 radical (unpaired) electrons. The van der Waals surface area contributed by atoms with Crippen molar-refractivity contribution in [2.24, 2.45) is 5.73 Å². The van der Waals surface area contributed by atoms with Crippen molar-refractivity contribution in [2.75, 3.05) is 0 Å². The molecule has 1 fully saturated rings. The van der Waals surface area contributed by atoms with Gasteiger partial charge >= 0.3 is 0 Å². The van der Waals surface area contributed by atoms with E-state index in [-0.39, 0.29) is 6.42 Å². The highest BCUT2D eigenvalue weighted by Crippen LogP contribution is 2.34. The molecular weight excluding hydrogens is 244 g/mol. The lowest BCUT2D eigenvalue weighted by atomic mass is 10.1. The Bertz CT molecular complexity index is 386. The van der Waals surface area contributed by atoms with Gasteiger partial charge < -0.3 is 11.1 Å². The zero-order valence-electron chi connectivity index (χ0n) is 9.84. The van der Waals surface area contributed by atoms with Gasteiger partial charge in [0.05, 0.1) is 6.07 Å². The number of nitriles is 1. The first-order valence-electron chi connectivity index (χ1n) is 5.67. The fraction of sp³-hybridized carbons (Fsp3) is 0.727. The number of carbonyl (C=O) groups is 2. The number of alkyl halides is 2. The highest BCUT2D eigenvalue weighted by Gasteiger charge is 2.44. The van der Waals surface area contributed by atoms with Gasteiger partial charge in [0.1, 0.15) is 5.54 Å². The minimum atomic E-state index is -3.09. The standard InChI is InChI=1S/C11H15F2N3O2/c12-11(13,3-1-8(15)17)4-2-9(18)16-10(7-14)5-6-10/h1-6H2,(H2,15,17)(H,16,18). The zero-order chi connectivity index (χ0) is 13.8. The molecule has 0 unspecified atom stereocenters. The van der Waals surface area contributed by atoms with Gasteiger partial charge in [-0.05, 0) is 12.8 Å². The molecule has 1 rings (SSSR count). The first-order valence-corrected chi connectivity index (χ1v) is 5.67. The van der Waals surface area contributed by atoms with Gasteiger partial charge in [0.25, 0.3) is 0 Å². The van der Waals surface area contributed by atoms with Crippen LogP contribution in [0.2, 0.25) is 0 Å². The van der Waals surface area contributed by atoms with Crippen LogP contribution < -0.4 is 11.1 Å². The molecule has 0 saturated heterocycles. The highest BCUT2D eigenvalue weighted by atomic mass is 19.3. The van der Waals surface area contributed by atoms with Crippen molar-refractivity contribution < 1.29 is 18.4 Å². The molecule has 0 atom stereocenters. The van der Waals surface area contributed by atoms with Gasteiger partial charge in [-0.1, -0.05) is 0 Å². The Morgan fingerprint density at radius 3 is 2.33 bits per heavy atom.